The van der Waals surface area contributed by atoms with Crippen LogP contribution in [0, 0.1) is 11.8 Å². The molecule has 0 bridgehead atoms. The Balaban J connectivity index is 2.55. The summed E-state index contributed by atoms with van der Waals surface area (Å²) < 4.78 is 5.23. The average molecular weight is 185 g/mol. The van der Waals surface area contributed by atoms with Crippen molar-refractivity contribution >= 4 is 16.9 Å². The van der Waals surface area contributed by atoms with E-state index in [1.807, 2.05) is 24.3 Å². The SMILES string of the molecule is NC(=O)C#Cc1coc2ccccc12. The second-order valence-electron chi connectivity index (χ2n) is 2.76. The van der Waals surface area contributed by atoms with E-state index < -0.39 is 5.91 Å². The minimum absolute atomic E-state index is 0.643. The van der Waals surface area contributed by atoms with E-state index in [1.54, 1.807) is 0 Å². The molecule has 1 aromatic carbocycles. The van der Waals surface area contributed by atoms with Gasteiger partial charge in [-0.1, -0.05) is 18.1 Å². The molecular weight excluding hydrogens is 178 g/mol. The van der Waals surface area contributed by atoms with Gasteiger partial charge in [0.25, 0.3) is 5.91 Å². The molecule has 0 unspecified atom stereocenters. The lowest BCUT2D eigenvalue weighted by atomic mass is 10.2. The Morgan fingerprint density at radius 2 is 2.14 bits per heavy atom. The topological polar surface area (TPSA) is 56.2 Å². The molecule has 0 atom stereocenters. The van der Waals surface area contributed by atoms with E-state index in [1.165, 1.54) is 6.26 Å². The van der Waals surface area contributed by atoms with Gasteiger partial charge in [0.1, 0.15) is 11.8 Å². The largest absolute Gasteiger partial charge is 0.463 e. The average Bonchev–Trinajstić information content (AvgIpc) is 2.58. The molecule has 0 aliphatic carbocycles. The predicted octanol–water partition coefficient (Wildman–Crippen LogP) is 1.27. The molecular formula is C11H7NO2. The fraction of sp³-hybridized carbons (Fsp3) is 0. The normalized spacial score (nSPS) is 9.43. The molecule has 0 saturated carbocycles. The predicted molar refractivity (Wildman–Crippen MR) is 52.3 cm³/mol. The zero-order chi connectivity index (χ0) is 9.97. The molecule has 0 aliphatic rings. The van der Waals surface area contributed by atoms with Crippen LogP contribution < -0.4 is 5.73 Å². The number of primary amides is 1. The first-order chi connectivity index (χ1) is 6.77. The number of amides is 1. The molecule has 0 aliphatic heterocycles. The van der Waals surface area contributed by atoms with Crippen LogP contribution in [0.1, 0.15) is 5.56 Å². The van der Waals surface area contributed by atoms with Crippen LogP contribution in [0.4, 0.5) is 0 Å². The van der Waals surface area contributed by atoms with E-state index in [0.29, 0.717) is 5.56 Å². The van der Waals surface area contributed by atoms with Crippen molar-refractivity contribution in [2.24, 2.45) is 5.73 Å². The summed E-state index contributed by atoms with van der Waals surface area (Å²) in [6.45, 7) is 0. The zero-order valence-electron chi connectivity index (χ0n) is 7.28. The van der Waals surface area contributed by atoms with Crippen LogP contribution >= 0.6 is 0 Å². The molecule has 1 amide bonds. The van der Waals surface area contributed by atoms with Crippen LogP contribution in [-0.2, 0) is 4.79 Å². The summed E-state index contributed by atoms with van der Waals surface area (Å²) in [6.07, 6.45) is 1.51. The maximum Gasteiger partial charge on any atom is 0.293 e. The van der Waals surface area contributed by atoms with E-state index >= 15 is 0 Å². The van der Waals surface area contributed by atoms with E-state index in [2.05, 4.69) is 11.8 Å². The van der Waals surface area contributed by atoms with Crippen molar-refractivity contribution < 1.29 is 9.21 Å². The van der Waals surface area contributed by atoms with Crippen molar-refractivity contribution in [1.82, 2.24) is 0 Å². The van der Waals surface area contributed by atoms with Gasteiger partial charge in [0, 0.05) is 11.3 Å². The van der Waals surface area contributed by atoms with E-state index in [0.717, 1.165) is 11.0 Å². The molecule has 0 fully saturated rings. The number of carbonyl (C=O) groups excluding carboxylic acids is 1. The lowest BCUT2D eigenvalue weighted by Gasteiger charge is -1.85. The first-order valence-electron chi connectivity index (χ1n) is 4.05. The highest BCUT2D eigenvalue weighted by Crippen LogP contribution is 2.19. The standard InChI is InChI=1S/C11H7NO2/c12-11(13)6-5-8-7-14-10-4-2-1-3-9(8)10/h1-4,7H,(H2,12,13). The van der Waals surface area contributed by atoms with Crippen molar-refractivity contribution in [3.8, 4) is 11.8 Å². The molecule has 14 heavy (non-hydrogen) atoms. The summed E-state index contributed by atoms with van der Waals surface area (Å²) in [5, 5.41) is 0.890. The second kappa shape index (κ2) is 3.27. The Morgan fingerprint density at radius 1 is 1.36 bits per heavy atom. The van der Waals surface area contributed by atoms with E-state index in [-0.39, 0.29) is 0 Å². The van der Waals surface area contributed by atoms with Crippen LogP contribution in [-0.4, -0.2) is 5.91 Å². The summed E-state index contributed by atoms with van der Waals surface area (Å²) >= 11 is 0. The van der Waals surface area contributed by atoms with Gasteiger partial charge in [-0.05, 0) is 12.1 Å². The van der Waals surface area contributed by atoms with E-state index in [9.17, 15) is 4.79 Å². The second-order valence-corrected chi connectivity index (χ2v) is 2.76. The van der Waals surface area contributed by atoms with Crippen molar-refractivity contribution in [3.05, 3.63) is 36.1 Å². The van der Waals surface area contributed by atoms with Crippen molar-refractivity contribution in [1.29, 1.82) is 0 Å². The summed E-state index contributed by atoms with van der Waals surface area (Å²) in [7, 11) is 0. The van der Waals surface area contributed by atoms with Gasteiger partial charge in [-0.25, -0.2) is 0 Å². The van der Waals surface area contributed by atoms with Crippen LogP contribution in [0.5, 0.6) is 0 Å². The minimum Gasteiger partial charge on any atom is -0.463 e. The molecule has 68 valence electrons. The summed E-state index contributed by atoms with van der Waals surface area (Å²) in [5.74, 6) is 4.27. The van der Waals surface area contributed by atoms with Crippen LogP contribution in [0.2, 0.25) is 0 Å². The van der Waals surface area contributed by atoms with Gasteiger partial charge < -0.3 is 10.2 Å². The molecule has 0 radical (unpaired) electrons. The van der Waals surface area contributed by atoms with Gasteiger partial charge in [0.15, 0.2) is 0 Å². The summed E-state index contributed by atoms with van der Waals surface area (Å²) in [6, 6.07) is 7.47. The van der Waals surface area contributed by atoms with E-state index in [4.69, 9.17) is 10.2 Å². The molecule has 0 spiro atoms. The maximum absolute atomic E-state index is 10.4. The number of hydrogen-bond donors (Lipinski definition) is 1. The molecule has 3 nitrogen and oxygen atoms in total. The monoisotopic (exact) mass is 185 g/mol. The lowest BCUT2D eigenvalue weighted by Crippen LogP contribution is -2.06. The summed E-state index contributed by atoms with van der Waals surface area (Å²) in [4.78, 5) is 10.4. The highest BCUT2D eigenvalue weighted by atomic mass is 16.3. The number of para-hydroxylation sites is 1. The number of carbonyl (C=O) groups is 1. The lowest BCUT2D eigenvalue weighted by molar-refractivity contribution is -0.112. The highest BCUT2D eigenvalue weighted by molar-refractivity contribution is 5.94. The van der Waals surface area contributed by atoms with Crippen LogP contribution in [0.3, 0.4) is 0 Å². The number of rotatable bonds is 0. The first-order valence-corrected chi connectivity index (χ1v) is 4.05. The van der Waals surface area contributed by atoms with Gasteiger partial charge in [-0.2, -0.15) is 0 Å². The first kappa shape index (κ1) is 8.39. The van der Waals surface area contributed by atoms with Gasteiger partial charge in [-0.3, -0.25) is 4.79 Å². The van der Waals surface area contributed by atoms with Crippen LogP contribution in [0.15, 0.2) is 34.9 Å². The van der Waals surface area contributed by atoms with Gasteiger partial charge in [0.2, 0.25) is 0 Å². The van der Waals surface area contributed by atoms with Gasteiger partial charge >= 0.3 is 0 Å². The van der Waals surface area contributed by atoms with Crippen molar-refractivity contribution in [2.75, 3.05) is 0 Å². The fourth-order valence-electron chi connectivity index (χ4n) is 1.20. The highest BCUT2D eigenvalue weighted by Gasteiger charge is 2.01. The number of fused-ring (bicyclic) bond motifs is 1. The smallest absolute Gasteiger partial charge is 0.293 e. The number of benzene rings is 1. The number of furan rings is 1. The van der Waals surface area contributed by atoms with Gasteiger partial charge in [-0.15, -0.1) is 0 Å². The van der Waals surface area contributed by atoms with Crippen LogP contribution in [0.25, 0.3) is 11.0 Å². The Morgan fingerprint density at radius 3 is 2.93 bits per heavy atom. The zero-order valence-corrected chi connectivity index (χ0v) is 7.28. The molecule has 1 heterocycles. The fourth-order valence-corrected chi connectivity index (χ4v) is 1.20. The molecule has 2 N–H and O–H groups in total. The molecule has 3 heteroatoms. The van der Waals surface area contributed by atoms with Gasteiger partial charge in [0.05, 0.1) is 5.56 Å². The molecule has 2 aromatic rings. The molecule has 1 aromatic heterocycles. The third-order valence-electron chi connectivity index (χ3n) is 1.80. The third kappa shape index (κ3) is 1.46. The number of nitrogens with two attached hydrogens (primary N) is 1. The maximum atomic E-state index is 10.4. The molecule has 2 rings (SSSR count). The number of hydrogen-bond acceptors (Lipinski definition) is 2. The third-order valence-corrected chi connectivity index (χ3v) is 1.80. The summed E-state index contributed by atoms with van der Waals surface area (Å²) in [5.41, 5.74) is 6.34. The molecule has 0 saturated heterocycles. The Kier molecular flexibility index (Phi) is 1.96. The quantitative estimate of drug-likeness (QED) is 0.628. The van der Waals surface area contributed by atoms with Crippen molar-refractivity contribution in [2.45, 2.75) is 0 Å². The Hall–Kier alpha value is -2.21. The Bertz CT molecular complexity index is 543. The van der Waals surface area contributed by atoms with Crippen molar-refractivity contribution in [3.63, 3.8) is 0 Å². The Labute approximate surface area is 80.5 Å². The minimum atomic E-state index is -0.643.